The van der Waals surface area contributed by atoms with Crippen molar-refractivity contribution in [1.29, 1.82) is 0 Å². The van der Waals surface area contributed by atoms with Crippen molar-refractivity contribution < 1.29 is 33.4 Å². The number of aryl methyl sites for hydroxylation is 1. The molecule has 0 radical (unpaired) electrons. The zero-order chi connectivity index (χ0) is 33.3. The Balaban J connectivity index is 1.75. The molecule has 4 unspecified atom stereocenters. The molecule has 15 heteroatoms. The van der Waals surface area contributed by atoms with E-state index in [1.54, 1.807) is 42.5 Å². The Morgan fingerprint density at radius 3 is 2.33 bits per heavy atom. The summed E-state index contributed by atoms with van der Waals surface area (Å²) in [6, 6.07) is 9.98. The number of alkyl carbamates (subject to hydrolysis) is 1. The molecule has 1 saturated heterocycles. The van der Waals surface area contributed by atoms with Gasteiger partial charge in [-0.1, -0.05) is 103 Å². The van der Waals surface area contributed by atoms with Crippen LogP contribution >= 0.6 is 58.0 Å². The van der Waals surface area contributed by atoms with Gasteiger partial charge in [0.2, 0.25) is 9.70 Å². The van der Waals surface area contributed by atoms with Crippen LogP contribution in [0.25, 0.3) is 0 Å². The maximum absolute atomic E-state index is 13.5. The zero-order valence-corrected chi connectivity index (χ0v) is 28.1. The van der Waals surface area contributed by atoms with Gasteiger partial charge in [0, 0.05) is 5.88 Å². The van der Waals surface area contributed by atoms with E-state index >= 15 is 0 Å². The molecule has 10 nitrogen and oxygen atoms in total. The van der Waals surface area contributed by atoms with Crippen LogP contribution in [0.15, 0.2) is 60.7 Å². The largest absolute Gasteiger partial charge is 0.497 e. The lowest BCUT2D eigenvalue weighted by molar-refractivity contribution is -0.164. The molecule has 0 aliphatic carbocycles. The summed E-state index contributed by atoms with van der Waals surface area (Å²) in [4.78, 5) is 53.5. The fourth-order valence-electron chi connectivity index (χ4n) is 4.44. The number of hydrogen-bond donors (Lipinski definition) is 2. The molecule has 244 valence electrons. The molecular weight excluding hydrogens is 692 g/mol. The Bertz CT molecular complexity index is 1390. The monoisotopic (exact) mass is 721 g/mol. The molecule has 2 aromatic carbocycles. The summed E-state index contributed by atoms with van der Waals surface area (Å²) in [5, 5.41) is 5.00. The number of carbonyl (C=O) groups excluding carboxylic acids is 4. The number of methoxy groups -OCH3 is 1. The van der Waals surface area contributed by atoms with Crippen molar-refractivity contribution in [2.75, 3.05) is 19.6 Å². The Hall–Kier alpha value is -2.89. The van der Waals surface area contributed by atoms with Gasteiger partial charge >= 0.3 is 12.1 Å². The van der Waals surface area contributed by atoms with Crippen molar-refractivity contribution in [1.82, 2.24) is 15.5 Å². The first-order valence-corrected chi connectivity index (χ1v) is 15.8. The molecule has 3 amide bonds. The summed E-state index contributed by atoms with van der Waals surface area (Å²) < 4.78 is 13.6. The third kappa shape index (κ3) is 10.0. The lowest BCUT2D eigenvalue weighted by Gasteiger charge is -2.47. The van der Waals surface area contributed by atoms with E-state index < -0.39 is 57.9 Å². The number of β-lactam (4-membered cyclic amide) rings is 1. The van der Waals surface area contributed by atoms with Crippen LogP contribution in [0.1, 0.15) is 36.1 Å². The first-order chi connectivity index (χ1) is 21.3. The molecule has 1 aliphatic heterocycles. The Morgan fingerprint density at radius 2 is 1.76 bits per heavy atom. The minimum absolute atomic E-state index is 0.0944. The van der Waals surface area contributed by atoms with Gasteiger partial charge in [0.1, 0.15) is 36.5 Å². The number of rotatable bonds is 14. The Labute approximate surface area is 286 Å². The molecule has 0 saturated carbocycles. The summed E-state index contributed by atoms with van der Waals surface area (Å²) in [5.74, 6) is -1.78. The fourth-order valence-corrected chi connectivity index (χ4v) is 5.13. The third-order valence-electron chi connectivity index (χ3n) is 6.67. The van der Waals surface area contributed by atoms with Gasteiger partial charge in [-0.3, -0.25) is 9.59 Å². The van der Waals surface area contributed by atoms with Gasteiger partial charge in [0.05, 0.1) is 7.11 Å². The number of likely N-dealkylation sites (tertiary alicyclic amines) is 1. The van der Waals surface area contributed by atoms with Crippen LogP contribution in [0.2, 0.25) is 0 Å². The van der Waals surface area contributed by atoms with Crippen molar-refractivity contribution in [2.45, 2.75) is 53.8 Å². The van der Waals surface area contributed by atoms with Crippen molar-refractivity contribution in [3.05, 3.63) is 77.4 Å². The predicted octanol–water partition coefficient (Wildman–Crippen LogP) is 5.58. The van der Waals surface area contributed by atoms with Crippen LogP contribution in [0, 0.1) is 0 Å². The van der Waals surface area contributed by atoms with Gasteiger partial charge < -0.3 is 29.7 Å². The summed E-state index contributed by atoms with van der Waals surface area (Å²) >= 11 is 29.6. The number of amides is 3. The first-order valence-electron chi connectivity index (χ1n) is 13.7. The minimum Gasteiger partial charge on any atom is -0.497 e. The number of nitrogens with zero attached hydrogens (tertiary/aromatic N) is 1. The van der Waals surface area contributed by atoms with Gasteiger partial charge in [0.25, 0.3) is 5.91 Å². The summed E-state index contributed by atoms with van der Waals surface area (Å²) in [6.07, 6.45) is 0.529. The molecule has 0 bridgehead atoms. The summed E-state index contributed by atoms with van der Waals surface area (Å²) in [7, 11) is 1.53. The lowest BCUT2D eigenvalue weighted by atomic mass is 9.97. The van der Waals surface area contributed by atoms with E-state index in [1.807, 2.05) is 13.0 Å². The maximum Gasteiger partial charge on any atom is 0.408 e. The van der Waals surface area contributed by atoms with Gasteiger partial charge in [0.15, 0.2) is 6.04 Å². The SMILES string of the molecule is C=C(CCl)C(C(=O)OCc1ccc(OC)cc1)N1C(=O)C(NC(=O)C(NC(=O)OCC(Cl)(Cl)Cl)c2cccc(CCC)c2)C1Cl. The number of esters is 1. The number of carbonyl (C=O) groups is 4. The molecule has 1 aliphatic rings. The van der Waals surface area contributed by atoms with Crippen LogP contribution in [0.4, 0.5) is 4.79 Å². The molecule has 0 aromatic heterocycles. The van der Waals surface area contributed by atoms with Gasteiger partial charge in [-0.15, -0.1) is 11.6 Å². The van der Waals surface area contributed by atoms with Gasteiger partial charge in [-0.2, -0.15) is 0 Å². The standard InChI is InChI=1S/C30H32Cl5N3O7/c1-4-6-18-7-5-8-20(13-18)22(37-29(42)45-16-30(33,34)35)26(39)36-23-25(32)38(27(23)40)24(17(2)14-31)28(41)44-15-19-9-11-21(43-3)12-10-19/h5,7-13,22-25H,2,4,6,14-16H2,1,3H3,(H,36,39)(H,37,42). The van der Waals surface area contributed by atoms with E-state index in [2.05, 4.69) is 17.2 Å². The van der Waals surface area contributed by atoms with Crippen molar-refractivity contribution in [3.8, 4) is 5.75 Å². The second-order valence-electron chi connectivity index (χ2n) is 10.0. The number of nitrogens with one attached hydrogen (secondary N) is 2. The molecule has 2 aromatic rings. The summed E-state index contributed by atoms with van der Waals surface area (Å²) in [5.41, 5.74) is 0.999. The van der Waals surface area contributed by atoms with E-state index in [0.29, 0.717) is 16.9 Å². The Kier molecular flexibility index (Phi) is 13.5. The number of benzene rings is 2. The molecule has 3 rings (SSSR count). The van der Waals surface area contributed by atoms with Gasteiger partial charge in [-0.05, 0) is 40.8 Å². The van der Waals surface area contributed by atoms with Crippen molar-refractivity contribution in [2.24, 2.45) is 0 Å². The number of halogens is 5. The zero-order valence-electron chi connectivity index (χ0n) is 24.4. The molecule has 1 fully saturated rings. The van der Waals surface area contributed by atoms with Crippen LogP contribution in [0.3, 0.4) is 0 Å². The highest BCUT2D eigenvalue weighted by molar-refractivity contribution is 6.67. The highest BCUT2D eigenvalue weighted by atomic mass is 35.6. The number of hydrogen-bond acceptors (Lipinski definition) is 7. The molecule has 4 atom stereocenters. The number of alkyl halides is 5. The lowest BCUT2D eigenvalue weighted by Crippen LogP contribution is -2.73. The highest BCUT2D eigenvalue weighted by Gasteiger charge is 2.53. The Morgan fingerprint density at radius 1 is 1.07 bits per heavy atom. The van der Waals surface area contributed by atoms with Crippen LogP contribution in [-0.4, -0.2) is 69.8 Å². The second kappa shape index (κ2) is 16.6. The van der Waals surface area contributed by atoms with E-state index in [9.17, 15) is 19.2 Å². The number of ether oxygens (including phenoxy) is 3. The average Bonchev–Trinajstić information content (AvgIpc) is 3.02. The average molecular weight is 724 g/mol. The van der Waals surface area contributed by atoms with E-state index in [0.717, 1.165) is 23.3 Å². The van der Waals surface area contributed by atoms with E-state index in [4.69, 9.17) is 72.2 Å². The van der Waals surface area contributed by atoms with Crippen LogP contribution < -0.4 is 15.4 Å². The smallest absolute Gasteiger partial charge is 0.408 e. The van der Waals surface area contributed by atoms with Crippen LogP contribution in [0.5, 0.6) is 5.75 Å². The minimum atomic E-state index is -1.87. The molecule has 1 heterocycles. The maximum atomic E-state index is 13.5. The molecular formula is C30H32Cl5N3O7. The van der Waals surface area contributed by atoms with Crippen molar-refractivity contribution >= 4 is 81.9 Å². The van der Waals surface area contributed by atoms with E-state index in [-0.39, 0.29) is 18.1 Å². The van der Waals surface area contributed by atoms with Crippen LogP contribution in [-0.2, 0) is 36.9 Å². The quantitative estimate of drug-likeness (QED) is 0.0858. The van der Waals surface area contributed by atoms with Crippen molar-refractivity contribution in [3.63, 3.8) is 0 Å². The fraction of sp³-hybridized carbons (Fsp3) is 0.400. The third-order valence-corrected chi connectivity index (χ3v) is 7.81. The first kappa shape index (κ1) is 36.6. The van der Waals surface area contributed by atoms with Gasteiger partial charge in [-0.25, -0.2) is 9.59 Å². The highest BCUT2D eigenvalue weighted by Crippen LogP contribution is 2.31. The predicted molar refractivity (Wildman–Crippen MR) is 173 cm³/mol. The van der Waals surface area contributed by atoms with E-state index in [1.165, 1.54) is 7.11 Å². The summed E-state index contributed by atoms with van der Waals surface area (Å²) in [6.45, 7) is 5.14. The second-order valence-corrected chi connectivity index (χ2v) is 13.2. The topological polar surface area (TPSA) is 123 Å². The molecule has 0 spiro atoms. The molecule has 45 heavy (non-hydrogen) atoms. The molecule has 2 N–H and O–H groups in total. The normalized spacial score (nSPS) is 17.4.